The summed E-state index contributed by atoms with van der Waals surface area (Å²) in [5, 5.41) is 13.9. The maximum atomic E-state index is 5.31. The molecule has 6 nitrogen and oxygen atoms in total. The van der Waals surface area contributed by atoms with Crippen LogP contribution < -0.4 is 10.6 Å². The zero-order chi connectivity index (χ0) is 16.7. The predicted molar refractivity (Wildman–Crippen MR) is 109 cm³/mol. The van der Waals surface area contributed by atoms with E-state index in [9.17, 15) is 0 Å². The number of nitrogens with zero attached hydrogens (tertiary/aromatic N) is 3. The van der Waals surface area contributed by atoms with E-state index in [0.717, 1.165) is 42.5 Å². The monoisotopic (exact) mass is 463 g/mol. The standard InChI is InChI=1S/C16H25N5OS.HI/c1-5-15-20-12(10-23-15)6-7-18-16(17-4)19-9-13-8-14(11(2)3)21-22-13;/h8,10-11H,5-7,9H2,1-4H3,(H2,17,18,19);1H. The van der Waals surface area contributed by atoms with Gasteiger partial charge in [0.05, 0.1) is 22.9 Å². The molecule has 2 heterocycles. The van der Waals surface area contributed by atoms with Crippen molar-refractivity contribution in [2.24, 2.45) is 4.99 Å². The summed E-state index contributed by atoms with van der Waals surface area (Å²) in [4.78, 5) is 8.77. The van der Waals surface area contributed by atoms with Crippen molar-refractivity contribution in [2.45, 2.75) is 46.1 Å². The molecule has 2 rings (SSSR count). The van der Waals surface area contributed by atoms with Crippen LogP contribution in [-0.2, 0) is 19.4 Å². The highest BCUT2D eigenvalue weighted by molar-refractivity contribution is 14.0. The van der Waals surface area contributed by atoms with Crippen LogP contribution in [0.1, 0.15) is 48.8 Å². The quantitative estimate of drug-likeness (QED) is 0.374. The van der Waals surface area contributed by atoms with Crippen molar-refractivity contribution < 1.29 is 4.52 Å². The van der Waals surface area contributed by atoms with Gasteiger partial charge in [0.25, 0.3) is 0 Å². The number of halogens is 1. The number of rotatable bonds is 7. The Kier molecular flexibility index (Phi) is 9.27. The van der Waals surface area contributed by atoms with Crippen LogP contribution in [0.4, 0.5) is 0 Å². The largest absolute Gasteiger partial charge is 0.359 e. The smallest absolute Gasteiger partial charge is 0.191 e. The molecule has 0 atom stereocenters. The highest BCUT2D eigenvalue weighted by atomic mass is 127. The number of nitrogens with one attached hydrogen (secondary N) is 2. The highest BCUT2D eigenvalue weighted by Gasteiger charge is 2.08. The molecule has 0 bridgehead atoms. The topological polar surface area (TPSA) is 75.3 Å². The summed E-state index contributed by atoms with van der Waals surface area (Å²) in [6.45, 7) is 7.67. The molecule has 0 saturated heterocycles. The fraction of sp³-hybridized carbons (Fsp3) is 0.562. The lowest BCUT2D eigenvalue weighted by atomic mass is 10.1. The average molecular weight is 463 g/mol. The SMILES string of the molecule is CCc1nc(CCNC(=NC)NCc2cc(C(C)C)no2)cs1.I. The van der Waals surface area contributed by atoms with Gasteiger partial charge in [-0.1, -0.05) is 25.9 Å². The van der Waals surface area contributed by atoms with Gasteiger partial charge in [-0.2, -0.15) is 0 Å². The van der Waals surface area contributed by atoms with Crippen molar-refractivity contribution >= 4 is 41.3 Å². The van der Waals surface area contributed by atoms with Crippen molar-refractivity contribution in [3.05, 3.63) is 33.6 Å². The highest BCUT2D eigenvalue weighted by Crippen LogP contribution is 2.13. The number of aliphatic imine (C=N–C) groups is 1. The Hall–Kier alpha value is -1.16. The number of thiazole rings is 1. The normalized spacial score (nSPS) is 11.5. The first-order chi connectivity index (χ1) is 11.1. The van der Waals surface area contributed by atoms with Gasteiger partial charge in [0.15, 0.2) is 11.7 Å². The Labute approximate surface area is 164 Å². The Morgan fingerprint density at radius 3 is 2.75 bits per heavy atom. The third-order valence-corrected chi connectivity index (χ3v) is 4.44. The zero-order valence-corrected chi connectivity index (χ0v) is 17.8. The summed E-state index contributed by atoms with van der Waals surface area (Å²) >= 11 is 1.72. The average Bonchev–Trinajstić information content (AvgIpc) is 3.19. The maximum Gasteiger partial charge on any atom is 0.191 e. The lowest BCUT2D eigenvalue weighted by Crippen LogP contribution is -2.37. The molecule has 0 aliphatic heterocycles. The molecule has 0 spiro atoms. The number of guanidine groups is 1. The molecule has 134 valence electrons. The second-order valence-corrected chi connectivity index (χ2v) is 6.50. The van der Waals surface area contributed by atoms with E-state index in [1.807, 2.05) is 6.07 Å². The van der Waals surface area contributed by atoms with Gasteiger partial charge in [-0.25, -0.2) is 4.98 Å². The van der Waals surface area contributed by atoms with Crippen molar-refractivity contribution in [2.75, 3.05) is 13.6 Å². The summed E-state index contributed by atoms with van der Waals surface area (Å²) in [6, 6.07) is 1.98. The van der Waals surface area contributed by atoms with E-state index < -0.39 is 0 Å². The minimum Gasteiger partial charge on any atom is -0.359 e. The van der Waals surface area contributed by atoms with Gasteiger partial charge < -0.3 is 15.2 Å². The molecule has 0 aromatic carbocycles. The van der Waals surface area contributed by atoms with E-state index in [1.165, 1.54) is 5.01 Å². The van der Waals surface area contributed by atoms with Gasteiger partial charge in [0.1, 0.15) is 0 Å². The molecule has 2 aromatic heterocycles. The fourth-order valence-corrected chi connectivity index (χ4v) is 2.79. The molecular formula is C16H26IN5OS. The maximum absolute atomic E-state index is 5.31. The van der Waals surface area contributed by atoms with E-state index in [2.05, 4.69) is 51.9 Å². The van der Waals surface area contributed by atoms with Crippen LogP contribution in [0.25, 0.3) is 0 Å². The summed E-state index contributed by atoms with van der Waals surface area (Å²) in [5.74, 6) is 1.93. The molecular weight excluding hydrogens is 437 g/mol. The van der Waals surface area contributed by atoms with E-state index in [-0.39, 0.29) is 24.0 Å². The van der Waals surface area contributed by atoms with E-state index >= 15 is 0 Å². The van der Waals surface area contributed by atoms with Crippen LogP contribution in [0.3, 0.4) is 0 Å². The Morgan fingerprint density at radius 1 is 1.38 bits per heavy atom. The molecule has 0 aliphatic carbocycles. The molecule has 0 radical (unpaired) electrons. The van der Waals surface area contributed by atoms with Crippen LogP contribution in [0.2, 0.25) is 0 Å². The van der Waals surface area contributed by atoms with Crippen molar-refractivity contribution in [1.82, 2.24) is 20.8 Å². The Morgan fingerprint density at radius 2 is 2.17 bits per heavy atom. The number of aromatic nitrogens is 2. The first kappa shape index (κ1) is 20.9. The fourth-order valence-electron chi connectivity index (χ4n) is 2.01. The Bertz CT molecular complexity index is 638. The molecule has 0 amide bonds. The molecule has 24 heavy (non-hydrogen) atoms. The van der Waals surface area contributed by atoms with E-state index in [4.69, 9.17) is 4.52 Å². The molecule has 0 fully saturated rings. The first-order valence-corrected chi connectivity index (χ1v) is 8.83. The minimum absolute atomic E-state index is 0. The summed E-state index contributed by atoms with van der Waals surface area (Å²) in [7, 11) is 1.76. The second-order valence-electron chi connectivity index (χ2n) is 5.56. The third-order valence-electron chi connectivity index (χ3n) is 3.40. The molecule has 0 saturated carbocycles. The molecule has 0 unspecified atom stereocenters. The van der Waals surface area contributed by atoms with Crippen molar-refractivity contribution in [1.29, 1.82) is 0 Å². The lowest BCUT2D eigenvalue weighted by Gasteiger charge is -2.09. The van der Waals surface area contributed by atoms with Crippen LogP contribution in [0, 0.1) is 0 Å². The van der Waals surface area contributed by atoms with Crippen LogP contribution in [0.5, 0.6) is 0 Å². The first-order valence-electron chi connectivity index (χ1n) is 7.95. The van der Waals surface area contributed by atoms with Crippen molar-refractivity contribution in [3.8, 4) is 0 Å². The molecule has 0 aliphatic rings. The van der Waals surface area contributed by atoms with Crippen LogP contribution in [-0.4, -0.2) is 29.7 Å². The van der Waals surface area contributed by atoms with Crippen molar-refractivity contribution in [3.63, 3.8) is 0 Å². The molecule has 8 heteroatoms. The second kappa shape index (κ2) is 10.7. The minimum atomic E-state index is 0. The van der Waals surface area contributed by atoms with E-state index in [1.54, 1.807) is 18.4 Å². The number of hydrogen-bond acceptors (Lipinski definition) is 5. The van der Waals surface area contributed by atoms with Gasteiger partial charge in [-0.3, -0.25) is 4.99 Å². The van der Waals surface area contributed by atoms with Gasteiger partial charge in [0, 0.05) is 31.5 Å². The van der Waals surface area contributed by atoms with Gasteiger partial charge >= 0.3 is 0 Å². The lowest BCUT2D eigenvalue weighted by molar-refractivity contribution is 0.372. The zero-order valence-electron chi connectivity index (χ0n) is 14.6. The van der Waals surface area contributed by atoms with Crippen LogP contribution >= 0.6 is 35.3 Å². The predicted octanol–water partition coefficient (Wildman–Crippen LogP) is 3.34. The number of aryl methyl sites for hydroxylation is 1. The summed E-state index contributed by atoms with van der Waals surface area (Å²) in [6.07, 6.45) is 1.88. The molecule has 2 N–H and O–H groups in total. The Balaban J connectivity index is 0.00000288. The van der Waals surface area contributed by atoms with E-state index in [0.29, 0.717) is 12.5 Å². The molecule has 2 aromatic rings. The summed E-state index contributed by atoms with van der Waals surface area (Å²) in [5.41, 5.74) is 2.10. The summed E-state index contributed by atoms with van der Waals surface area (Å²) < 4.78 is 5.31. The van der Waals surface area contributed by atoms with Gasteiger partial charge in [-0.15, -0.1) is 35.3 Å². The van der Waals surface area contributed by atoms with Gasteiger partial charge in [-0.05, 0) is 12.3 Å². The number of hydrogen-bond donors (Lipinski definition) is 2. The van der Waals surface area contributed by atoms with Gasteiger partial charge in [0.2, 0.25) is 0 Å². The third kappa shape index (κ3) is 6.39. The van der Waals surface area contributed by atoms with Crippen LogP contribution in [0.15, 0.2) is 21.0 Å².